The molecule has 1 aliphatic carbocycles. The van der Waals surface area contributed by atoms with E-state index in [2.05, 4.69) is 18.8 Å². The predicted molar refractivity (Wildman–Crippen MR) is 53.0 cm³/mol. The molecular formula is C10H20N2. The Balaban J connectivity index is 2.30. The molecule has 0 bridgehead atoms. The van der Waals surface area contributed by atoms with Gasteiger partial charge in [0, 0.05) is 18.6 Å². The zero-order chi connectivity index (χ0) is 9.03. The zero-order valence-corrected chi connectivity index (χ0v) is 7.97. The molecule has 0 saturated heterocycles. The average molecular weight is 168 g/mol. The molecule has 12 heavy (non-hydrogen) atoms. The molecule has 1 fully saturated rings. The third-order valence-corrected chi connectivity index (χ3v) is 2.56. The van der Waals surface area contributed by atoms with Crippen molar-refractivity contribution in [1.82, 2.24) is 5.32 Å². The van der Waals surface area contributed by atoms with Crippen LogP contribution in [0.15, 0.2) is 12.7 Å². The van der Waals surface area contributed by atoms with Gasteiger partial charge in [-0.3, -0.25) is 0 Å². The Morgan fingerprint density at radius 3 is 2.75 bits per heavy atom. The molecule has 70 valence electrons. The van der Waals surface area contributed by atoms with Gasteiger partial charge in [-0.15, -0.1) is 6.58 Å². The maximum absolute atomic E-state index is 5.73. The zero-order valence-electron chi connectivity index (χ0n) is 7.97. The van der Waals surface area contributed by atoms with Crippen LogP contribution >= 0.6 is 0 Å². The first kappa shape index (κ1) is 9.75. The van der Waals surface area contributed by atoms with E-state index in [0.29, 0.717) is 0 Å². The van der Waals surface area contributed by atoms with Crippen LogP contribution < -0.4 is 11.1 Å². The van der Waals surface area contributed by atoms with Crippen molar-refractivity contribution in [3.63, 3.8) is 0 Å². The van der Waals surface area contributed by atoms with Crippen molar-refractivity contribution in [2.75, 3.05) is 13.1 Å². The van der Waals surface area contributed by atoms with E-state index in [4.69, 9.17) is 5.73 Å². The first-order valence-corrected chi connectivity index (χ1v) is 4.76. The molecule has 1 aliphatic rings. The minimum atomic E-state index is 0.134. The Labute approximate surface area is 75.2 Å². The van der Waals surface area contributed by atoms with Gasteiger partial charge in [0.15, 0.2) is 0 Å². The summed E-state index contributed by atoms with van der Waals surface area (Å²) in [6.45, 7) is 7.47. The van der Waals surface area contributed by atoms with Crippen molar-refractivity contribution < 1.29 is 0 Å². The summed E-state index contributed by atoms with van der Waals surface area (Å²) in [6, 6.07) is 0. The molecule has 3 N–H and O–H groups in total. The Morgan fingerprint density at radius 2 is 2.33 bits per heavy atom. The molecule has 0 aromatic heterocycles. The number of rotatable bonds is 6. The molecule has 0 heterocycles. The molecule has 0 radical (unpaired) electrons. The molecule has 1 atom stereocenters. The van der Waals surface area contributed by atoms with Gasteiger partial charge < -0.3 is 11.1 Å². The first-order chi connectivity index (χ1) is 5.70. The van der Waals surface area contributed by atoms with Crippen LogP contribution in [0.4, 0.5) is 0 Å². The second kappa shape index (κ2) is 4.06. The highest BCUT2D eigenvalue weighted by Crippen LogP contribution is 2.36. The lowest BCUT2D eigenvalue weighted by Crippen LogP contribution is -2.49. The van der Waals surface area contributed by atoms with E-state index in [1.807, 2.05) is 6.08 Å². The quantitative estimate of drug-likeness (QED) is 0.586. The lowest BCUT2D eigenvalue weighted by Gasteiger charge is -2.29. The van der Waals surface area contributed by atoms with E-state index in [-0.39, 0.29) is 5.54 Å². The highest BCUT2D eigenvalue weighted by molar-refractivity contribution is 4.92. The third-order valence-electron chi connectivity index (χ3n) is 2.56. The Hall–Kier alpha value is -0.340. The summed E-state index contributed by atoms with van der Waals surface area (Å²) >= 11 is 0. The Kier molecular flexibility index (Phi) is 3.29. The molecule has 0 spiro atoms. The fourth-order valence-corrected chi connectivity index (χ4v) is 1.51. The fraction of sp³-hybridized carbons (Fsp3) is 0.800. The smallest absolute Gasteiger partial charge is 0.0281 e. The van der Waals surface area contributed by atoms with Gasteiger partial charge in [-0.1, -0.05) is 18.9 Å². The SMILES string of the molecule is C=CCNC(C)(CN)CC1CC1. The first-order valence-electron chi connectivity index (χ1n) is 4.76. The summed E-state index contributed by atoms with van der Waals surface area (Å²) in [5, 5.41) is 3.42. The molecule has 2 heteroatoms. The van der Waals surface area contributed by atoms with Crippen LogP contribution in [0.25, 0.3) is 0 Å². The second-order valence-corrected chi connectivity index (χ2v) is 4.08. The number of nitrogens with one attached hydrogen (secondary N) is 1. The van der Waals surface area contributed by atoms with Crippen LogP contribution in [-0.2, 0) is 0 Å². The van der Waals surface area contributed by atoms with Crippen molar-refractivity contribution in [3.05, 3.63) is 12.7 Å². The van der Waals surface area contributed by atoms with Gasteiger partial charge >= 0.3 is 0 Å². The molecule has 1 unspecified atom stereocenters. The fourth-order valence-electron chi connectivity index (χ4n) is 1.51. The van der Waals surface area contributed by atoms with Crippen molar-refractivity contribution in [2.24, 2.45) is 11.7 Å². The monoisotopic (exact) mass is 168 g/mol. The van der Waals surface area contributed by atoms with Crippen LogP contribution in [0.3, 0.4) is 0 Å². The standard InChI is InChI=1S/C10H20N2/c1-3-6-12-10(2,8-11)7-9-4-5-9/h3,9,12H,1,4-8,11H2,2H3. The van der Waals surface area contributed by atoms with Gasteiger partial charge in [-0.05, 0) is 19.3 Å². The highest BCUT2D eigenvalue weighted by Gasteiger charge is 2.31. The van der Waals surface area contributed by atoms with Crippen LogP contribution in [0.2, 0.25) is 0 Å². The second-order valence-electron chi connectivity index (χ2n) is 4.08. The number of hydrogen-bond acceptors (Lipinski definition) is 2. The van der Waals surface area contributed by atoms with Crippen LogP contribution in [0.1, 0.15) is 26.2 Å². The Morgan fingerprint density at radius 1 is 1.67 bits per heavy atom. The molecule has 0 aromatic carbocycles. The number of nitrogens with two attached hydrogens (primary N) is 1. The summed E-state index contributed by atoms with van der Waals surface area (Å²) < 4.78 is 0. The predicted octanol–water partition coefficient (Wildman–Crippen LogP) is 1.28. The lowest BCUT2D eigenvalue weighted by molar-refractivity contribution is 0.336. The van der Waals surface area contributed by atoms with Crippen molar-refractivity contribution in [2.45, 2.75) is 31.7 Å². The summed E-state index contributed by atoms with van der Waals surface area (Å²) in [5.41, 5.74) is 5.86. The average Bonchev–Trinajstić information content (AvgIpc) is 2.85. The molecular weight excluding hydrogens is 148 g/mol. The van der Waals surface area contributed by atoms with Crippen molar-refractivity contribution >= 4 is 0 Å². The largest absolute Gasteiger partial charge is 0.329 e. The van der Waals surface area contributed by atoms with Crippen molar-refractivity contribution in [1.29, 1.82) is 0 Å². The van der Waals surface area contributed by atoms with Crippen LogP contribution in [0.5, 0.6) is 0 Å². The van der Waals surface area contributed by atoms with Gasteiger partial charge in [0.1, 0.15) is 0 Å². The van der Waals surface area contributed by atoms with Gasteiger partial charge in [0.2, 0.25) is 0 Å². The third kappa shape index (κ3) is 2.95. The minimum Gasteiger partial charge on any atom is -0.329 e. The van der Waals surface area contributed by atoms with E-state index in [9.17, 15) is 0 Å². The molecule has 0 aromatic rings. The maximum Gasteiger partial charge on any atom is 0.0281 e. The molecule has 2 nitrogen and oxygen atoms in total. The summed E-state index contributed by atoms with van der Waals surface area (Å²) in [7, 11) is 0. The van der Waals surface area contributed by atoms with E-state index in [0.717, 1.165) is 19.0 Å². The maximum atomic E-state index is 5.73. The van der Waals surface area contributed by atoms with Crippen LogP contribution in [-0.4, -0.2) is 18.6 Å². The summed E-state index contributed by atoms with van der Waals surface area (Å²) in [4.78, 5) is 0. The van der Waals surface area contributed by atoms with Crippen LogP contribution in [0, 0.1) is 5.92 Å². The molecule has 0 aliphatic heterocycles. The molecule has 0 amide bonds. The van der Waals surface area contributed by atoms with E-state index >= 15 is 0 Å². The van der Waals surface area contributed by atoms with E-state index in [1.165, 1.54) is 19.3 Å². The van der Waals surface area contributed by atoms with Crippen molar-refractivity contribution in [3.8, 4) is 0 Å². The van der Waals surface area contributed by atoms with E-state index < -0.39 is 0 Å². The normalized spacial score (nSPS) is 21.8. The van der Waals surface area contributed by atoms with Gasteiger partial charge in [0.05, 0.1) is 0 Å². The molecule has 1 rings (SSSR count). The summed E-state index contributed by atoms with van der Waals surface area (Å²) in [5.74, 6) is 0.927. The Bertz CT molecular complexity index is 152. The number of hydrogen-bond donors (Lipinski definition) is 2. The minimum absolute atomic E-state index is 0.134. The topological polar surface area (TPSA) is 38.0 Å². The molecule has 1 saturated carbocycles. The summed E-state index contributed by atoms with van der Waals surface area (Å²) in [6.07, 6.45) is 5.90. The highest BCUT2D eigenvalue weighted by atomic mass is 15.0. The van der Waals surface area contributed by atoms with Gasteiger partial charge in [-0.2, -0.15) is 0 Å². The lowest BCUT2D eigenvalue weighted by atomic mass is 9.95. The van der Waals surface area contributed by atoms with E-state index in [1.54, 1.807) is 0 Å². The van der Waals surface area contributed by atoms with Gasteiger partial charge in [-0.25, -0.2) is 0 Å². The van der Waals surface area contributed by atoms with Gasteiger partial charge in [0.25, 0.3) is 0 Å².